The van der Waals surface area contributed by atoms with E-state index in [1.54, 1.807) is 12.1 Å². The van der Waals surface area contributed by atoms with E-state index in [0.717, 1.165) is 62.3 Å². The molecule has 5 saturated carbocycles. The second kappa shape index (κ2) is 34.5. The Hall–Kier alpha value is -3.35. The van der Waals surface area contributed by atoms with Crippen LogP contribution in [-0.4, -0.2) is 34.2 Å². The number of esters is 3. The van der Waals surface area contributed by atoms with E-state index in [0.29, 0.717) is 35.3 Å². The van der Waals surface area contributed by atoms with Gasteiger partial charge >= 0.3 is 17.9 Å². The van der Waals surface area contributed by atoms with Crippen LogP contribution in [0.3, 0.4) is 0 Å². The van der Waals surface area contributed by atoms with E-state index in [4.69, 9.17) is 19.3 Å². The van der Waals surface area contributed by atoms with Crippen LogP contribution in [0.1, 0.15) is 290 Å². The Bertz CT molecular complexity index is 1820. The lowest BCUT2D eigenvalue weighted by atomic mass is 9.47. The Morgan fingerprint density at radius 1 is 0.547 bits per heavy atom. The van der Waals surface area contributed by atoms with Gasteiger partial charge in [-0.2, -0.15) is 0 Å². The van der Waals surface area contributed by atoms with Crippen LogP contribution in [0.5, 0.6) is 5.75 Å². The number of benzene rings is 2. The number of carbonyl (C=O) groups excluding carboxylic acids is 3. The van der Waals surface area contributed by atoms with Gasteiger partial charge in [-0.3, -0.25) is 14.4 Å². The van der Waals surface area contributed by atoms with E-state index in [1.807, 2.05) is 93.5 Å². The molecule has 0 heterocycles. The lowest BCUT2D eigenvalue weighted by Gasteiger charge is -2.62. The molecule has 0 aromatic heterocycles. The van der Waals surface area contributed by atoms with Crippen molar-refractivity contribution in [2.75, 3.05) is 0 Å². The number of carbonyl (C=O) groups is 3. The summed E-state index contributed by atoms with van der Waals surface area (Å²) in [5.41, 5.74) is 1.55. The third-order valence-corrected chi connectivity index (χ3v) is 17.4. The van der Waals surface area contributed by atoms with E-state index < -0.39 is 11.0 Å². The molecule has 5 aliphatic carbocycles. The molecule has 0 radical (unpaired) electrons. The van der Waals surface area contributed by atoms with Gasteiger partial charge in [0.15, 0.2) is 0 Å². The van der Waals surface area contributed by atoms with Gasteiger partial charge in [0.2, 0.25) is 0 Å². The fourth-order valence-corrected chi connectivity index (χ4v) is 10.6. The minimum atomic E-state index is -0.544. The van der Waals surface area contributed by atoms with Gasteiger partial charge < -0.3 is 19.3 Å². The zero-order valence-electron chi connectivity index (χ0n) is 46.0. The summed E-state index contributed by atoms with van der Waals surface area (Å²) in [5.74, 6) is 4.74. The minimum Gasteiger partial charge on any atom is -0.508 e. The number of rotatable bonds is 15. The Labute approximate surface area is 469 Å². The number of aryl methyl sites for hydroxylation is 1. The molecule has 0 spiro atoms. The SMILES string of the molecule is C.C.C.C.C.C.C.C.CCC(C)(C)C(=O)OC(C)(CC)c1ccc(C)cc1.CCC(C)(C)C(=O)OC1(C(C)C)C2CC3CC(C2)CC1C3.CCC(C)(C)C(=O)OC1(C(C)C)CCCC1.CCC(C)c1ccc(O)cc1. The van der Waals surface area contributed by atoms with Crippen molar-refractivity contribution in [3.8, 4) is 5.75 Å². The van der Waals surface area contributed by atoms with Crippen LogP contribution in [0.4, 0.5) is 0 Å². The monoisotopic (exact) mass is 1060 g/mol. The molecule has 4 bridgehead atoms. The highest BCUT2D eigenvalue weighted by molar-refractivity contribution is 5.77. The highest BCUT2D eigenvalue weighted by Crippen LogP contribution is 2.62. The first-order valence-electron chi connectivity index (χ1n) is 26.7. The molecule has 75 heavy (non-hydrogen) atoms. The quantitative estimate of drug-likeness (QED) is 0.140. The van der Waals surface area contributed by atoms with Gasteiger partial charge in [-0.25, -0.2) is 0 Å². The van der Waals surface area contributed by atoms with Crippen LogP contribution in [0.15, 0.2) is 48.5 Å². The normalized spacial score (nSPS) is 21.6. The van der Waals surface area contributed by atoms with Crippen LogP contribution in [0.2, 0.25) is 0 Å². The molecular weight excluding hydrogens is 929 g/mol. The topological polar surface area (TPSA) is 99.1 Å². The van der Waals surface area contributed by atoms with Crippen molar-refractivity contribution in [3.63, 3.8) is 0 Å². The van der Waals surface area contributed by atoms with Crippen LogP contribution in [-0.2, 0) is 34.2 Å². The van der Waals surface area contributed by atoms with Gasteiger partial charge in [-0.05, 0) is 210 Å². The summed E-state index contributed by atoms with van der Waals surface area (Å²) in [7, 11) is 0. The van der Waals surface area contributed by atoms with Crippen molar-refractivity contribution in [1.29, 1.82) is 0 Å². The Morgan fingerprint density at radius 3 is 1.28 bits per heavy atom. The molecule has 7 rings (SSSR count). The van der Waals surface area contributed by atoms with E-state index >= 15 is 0 Å². The molecule has 0 saturated heterocycles. The average molecular weight is 1060 g/mol. The van der Waals surface area contributed by atoms with E-state index in [9.17, 15) is 14.4 Å². The van der Waals surface area contributed by atoms with Crippen LogP contribution in [0.25, 0.3) is 0 Å². The molecule has 7 heteroatoms. The second-order valence-corrected chi connectivity index (χ2v) is 24.0. The van der Waals surface area contributed by atoms with Crippen molar-refractivity contribution in [2.45, 2.75) is 297 Å². The van der Waals surface area contributed by atoms with Gasteiger partial charge in [0, 0.05) is 0 Å². The number of aromatic hydroxyl groups is 1. The molecule has 444 valence electrons. The molecule has 2 aromatic carbocycles. The first-order valence-corrected chi connectivity index (χ1v) is 26.7. The van der Waals surface area contributed by atoms with Crippen molar-refractivity contribution < 1.29 is 33.7 Å². The lowest BCUT2D eigenvalue weighted by molar-refractivity contribution is -0.231. The molecule has 2 unspecified atom stereocenters. The third-order valence-electron chi connectivity index (χ3n) is 17.4. The number of hydrogen-bond donors (Lipinski definition) is 1. The zero-order chi connectivity index (χ0) is 50.8. The van der Waals surface area contributed by atoms with Crippen molar-refractivity contribution in [1.82, 2.24) is 0 Å². The maximum Gasteiger partial charge on any atom is 0.312 e. The molecule has 7 nitrogen and oxygen atoms in total. The zero-order valence-corrected chi connectivity index (χ0v) is 46.0. The van der Waals surface area contributed by atoms with Gasteiger partial charge in [-0.15, -0.1) is 0 Å². The predicted octanol–water partition coefficient (Wildman–Crippen LogP) is 21.3. The van der Waals surface area contributed by atoms with Crippen LogP contribution < -0.4 is 0 Å². The number of phenolic OH excluding ortho intramolecular Hbond substituents is 1. The first kappa shape index (κ1) is 83.0. The summed E-state index contributed by atoms with van der Waals surface area (Å²) >= 11 is 0. The summed E-state index contributed by atoms with van der Waals surface area (Å²) in [6.45, 7) is 37.3. The number of phenols is 1. The van der Waals surface area contributed by atoms with E-state index in [2.05, 4.69) is 67.5 Å². The van der Waals surface area contributed by atoms with Gasteiger partial charge in [-0.1, -0.05) is 171 Å². The fourth-order valence-electron chi connectivity index (χ4n) is 10.6. The fraction of sp³-hybridized carbons (Fsp3) is 0.779. The van der Waals surface area contributed by atoms with E-state index in [-0.39, 0.29) is 99.4 Å². The Balaban J connectivity index is -0.000000208. The first-order chi connectivity index (χ1) is 31.1. The maximum atomic E-state index is 12.8. The van der Waals surface area contributed by atoms with Crippen molar-refractivity contribution in [2.24, 2.45) is 51.8 Å². The largest absolute Gasteiger partial charge is 0.508 e. The average Bonchev–Trinajstić information content (AvgIpc) is 3.78. The summed E-state index contributed by atoms with van der Waals surface area (Å²) in [4.78, 5) is 37.2. The maximum absolute atomic E-state index is 12.8. The standard InChI is InChI=1S/C19H32O2.C17H26O2.C14H26O2.C10H14O.8CH4/c1-6-18(4,5)17(20)21-19(12(2)3)15-8-13-7-14(10-15)11-16(19)9-13;1-7-16(4,5)15(18)19-17(6,8-2)14-11-9-13(3)10-12-14;1-6-13(4,5)12(15)16-14(11(2)3)9-7-8-10-14;1-3-8(2)9-4-6-10(11)7-5-9;;;;;;;;/h12-16H,6-11H2,1-5H3;9-12H,7-8H2,1-6H3;11H,6-10H2,1-5H3;4-8,11H,3H2,1-2H3;8*1H4. The molecular formula is C68H130O7. The number of hydrogen-bond acceptors (Lipinski definition) is 7. The lowest BCUT2D eigenvalue weighted by Crippen LogP contribution is -2.63. The van der Waals surface area contributed by atoms with E-state index in [1.165, 1.54) is 56.1 Å². The molecule has 2 atom stereocenters. The smallest absolute Gasteiger partial charge is 0.312 e. The molecule has 5 fully saturated rings. The Kier molecular flexibility index (Phi) is 38.2. The second-order valence-electron chi connectivity index (χ2n) is 24.0. The van der Waals surface area contributed by atoms with Crippen LogP contribution in [0, 0.1) is 58.7 Å². The molecule has 5 aliphatic rings. The molecule has 1 N–H and O–H groups in total. The van der Waals surface area contributed by atoms with Gasteiger partial charge in [0.1, 0.15) is 22.6 Å². The minimum absolute atomic E-state index is 0. The highest BCUT2D eigenvalue weighted by Gasteiger charge is 2.61. The van der Waals surface area contributed by atoms with Crippen LogP contribution >= 0.6 is 0 Å². The molecule has 2 aromatic rings. The van der Waals surface area contributed by atoms with Gasteiger partial charge in [0.05, 0.1) is 16.2 Å². The Morgan fingerprint density at radius 2 is 0.933 bits per heavy atom. The van der Waals surface area contributed by atoms with Crippen molar-refractivity contribution >= 4 is 17.9 Å². The molecule has 0 aliphatic heterocycles. The van der Waals surface area contributed by atoms with Gasteiger partial charge in [0.25, 0.3) is 0 Å². The molecule has 0 amide bonds. The summed E-state index contributed by atoms with van der Waals surface area (Å²) in [5, 5.41) is 9.01. The predicted molar refractivity (Wildman–Crippen MR) is 331 cm³/mol. The number of ether oxygens (including phenoxy) is 3. The highest BCUT2D eigenvalue weighted by atomic mass is 16.6. The summed E-state index contributed by atoms with van der Waals surface area (Å²) < 4.78 is 18.1. The van der Waals surface area contributed by atoms with Crippen molar-refractivity contribution in [3.05, 3.63) is 65.2 Å². The third kappa shape index (κ3) is 20.8. The summed E-state index contributed by atoms with van der Waals surface area (Å²) in [6.07, 6.45) is 15.5. The summed E-state index contributed by atoms with van der Waals surface area (Å²) in [6, 6.07) is 15.6.